The number of carbonyl (C=O) groups excluding carboxylic acids is 1. The van der Waals surface area contributed by atoms with E-state index in [2.05, 4.69) is 4.84 Å². The Balaban J connectivity index is 2.37. The summed E-state index contributed by atoms with van der Waals surface area (Å²) in [5.74, 6) is 3.89. The minimum Gasteiger partial charge on any atom is -0.493 e. The number of ether oxygens (including phenoxy) is 1. The molecule has 0 saturated heterocycles. The number of benzene rings is 1. The SMILES string of the molecule is NNOC(=O)CCOc1ccc(Cl)c(F)c1. The summed E-state index contributed by atoms with van der Waals surface area (Å²) in [6.45, 7) is 0.0571. The molecule has 0 amide bonds. The molecule has 88 valence electrons. The number of halogens is 2. The molecular formula is C9H10ClFN2O3. The smallest absolute Gasteiger partial charge is 0.329 e. The molecular weight excluding hydrogens is 239 g/mol. The van der Waals surface area contributed by atoms with Gasteiger partial charge in [0.25, 0.3) is 0 Å². The highest BCUT2D eigenvalue weighted by molar-refractivity contribution is 6.30. The first-order valence-corrected chi connectivity index (χ1v) is 4.74. The zero-order chi connectivity index (χ0) is 12.0. The van der Waals surface area contributed by atoms with E-state index < -0.39 is 11.8 Å². The zero-order valence-corrected chi connectivity index (χ0v) is 8.96. The van der Waals surface area contributed by atoms with Crippen molar-refractivity contribution >= 4 is 17.6 Å². The van der Waals surface area contributed by atoms with Crippen molar-refractivity contribution in [2.24, 2.45) is 5.84 Å². The average molecular weight is 249 g/mol. The molecule has 7 heteroatoms. The minimum atomic E-state index is -0.578. The van der Waals surface area contributed by atoms with Gasteiger partial charge < -0.3 is 9.57 Å². The van der Waals surface area contributed by atoms with Gasteiger partial charge in [0.2, 0.25) is 0 Å². The third-order valence-corrected chi connectivity index (χ3v) is 1.95. The summed E-state index contributed by atoms with van der Waals surface area (Å²) in [6, 6.07) is 4.00. The summed E-state index contributed by atoms with van der Waals surface area (Å²) in [5, 5.41) is 0.0130. The normalized spacial score (nSPS) is 9.94. The van der Waals surface area contributed by atoms with E-state index in [1.165, 1.54) is 12.1 Å². The Hall–Kier alpha value is -1.37. The van der Waals surface area contributed by atoms with Crippen LogP contribution in [0.25, 0.3) is 0 Å². The lowest BCUT2D eigenvalue weighted by Gasteiger charge is -2.06. The first-order valence-electron chi connectivity index (χ1n) is 4.36. The van der Waals surface area contributed by atoms with Gasteiger partial charge in [-0.1, -0.05) is 17.2 Å². The maximum Gasteiger partial charge on any atom is 0.329 e. The standard InChI is InChI=1S/C9H10ClFN2O3/c10-7-2-1-6(5-8(7)11)15-4-3-9(14)16-13-12/h1-2,5,13H,3-4,12H2. The van der Waals surface area contributed by atoms with Crippen molar-refractivity contribution in [3.8, 4) is 5.75 Å². The molecule has 5 nitrogen and oxygen atoms in total. The van der Waals surface area contributed by atoms with Crippen molar-refractivity contribution in [1.29, 1.82) is 0 Å². The van der Waals surface area contributed by atoms with Crippen LogP contribution in [-0.4, -0.2) is 12.6 Å². The number of hydrogen-bond donors (Lipinski definition) is 2. The van der Waals surface area contributed by atoms with E-state index in [0.717, 1.165) is 6.07 Å². The second kappa shape index (κ2) is 6.26. The van der Waals surface area contributed by atoms with Crippen LogP contribution >= 0.6 is 11.6 Å². The van der Waals surface area contributed by atoms with Gasteiger partial charge in [-0.2, -0.15) is 0 Å². The summed E-state index contributed by atoms with van der Waals surface area (Å²) < 4.78 is 18.0. The number of hydrogen-bond acceptors (Lipinski definition) is 5. The van der Waals surface area contributed by atoms with Gasteiger partial charge in [-0.05, 0) is 12.1 Å². The molecule has 0 saturated carbocycles. The van der Waals surface area contributed by atoms with Crippen LogP contribution in [-0.2, 0) is 9.63 Å². The first-order chi connectivity index (χ1) is 7.63. The molecule has 1 aromatic rings. The monoisotopic (exact) mass is 248 g/mol. The van der Waals surface area contributed by atoms with Crippen molar-refractivity contribution in [1.82, 2.24) is 5.59 Å². The van der Waals surface area contributed by atoms with Crippen LogP contribution in [0.5, 0.6) is 5.75 Å². The predicted molar refractivity (Wildman–Crippen MR) is 54.9 cm³/mol. The molecule has 0 radical (unpaired) electrons. The predicted octanol–water partition coefficient (Wildman–Crippen LogP) is 1.17. The number of hydrazine groups is 1. The van der Waals surface area contributed by atoms with Crippen molar-refractivity contribution < 1.29 is 18.8 Å². The Morgan fingerprint density at radius 2 is 2.31 bits per heavy atom. The molecule has 0 heterocycles. The third-order valence-electron chi connectivity index (χ3n) is 1.64. The molecule has 1 aromatic carbocycles. The molecule has 0 spiro atoms. The Morgan fingerprint density at radius 3 is 2.94 bits per heavy atom. The van der Waals surface area contributed by atoms with Gasteiger partial charge in [-0.15, -0.1) is 0 Å². The highest BCUT2D eigenvalue weighted by Gasteiger charge is 2.04. The molecule has 3 N–H and O–H groups in total. The fourth-order valence-corrected chi connectivity index (χ4v) is 1.05. The van der Waals surface area contributed by atoms with E-state index in [-0.39, 0.29) is 23.8 Å². The van der Waals surface area contributed by atoms with Crippen LogP contribution in [0, 0.1) is 5.82 Å². The Kier molecular flexibility index (Phi) is 4.97. The van der Waals surface area contributed by atoms with Crippen LogP contribution < -0.4 is 16.2 Å². The quantitative estimate of drug-likeness (QED) is 0.604. The lowest BCUT2D eigenvalue weighted by Crippen LogP contribution is -2.26. The van der Waals surface area contributed by atoms with Crippen molar-refractivity contribution in [3.05, 3.63) is 29.0 Å². The third kappa shape index (κ3) is 4.01. The fraction of sp³-hybridized carbons (Fsp3) is 0.222. The van der Waals surface area contributed by atoms with E-state index in [4.69, 9.17) is 22.2 Å². The molecule has 0 bridgehead atoms. The van der Waals surface area contributed by atoms with Crippen molar-refractivity contribution in [2.45, 2.75) is 6.42 Å². The van der Waals surface area contributed by atoms with E-state index in [1.807, 2.05) is 0 Å². The van der Waals surface area contributed by atoms with Crippen LogP contribution in [0.3, 0.4) is 0 Å². The fourth-order valence-electron chi connectivity index (χ4n) is 0.936. The Morgan fingerprint density at radius 1 is 1.56 bits per heavy atom. The lowest BCUT2D eigenvalue weighted by atomic mass is 10.3. The van der Waals surface area contributed by atoms with E-state index in [9.17, 15) is 9.18 Å². The number of nitrogens with two attached hydrogens (primary N) is 1. The molecule has 0 unspecified atom stereocenters. The number of nitrogens with one attached hydrogen (secondary N) is 1. The molecule has 0 aromatic heterocycles. The van der Waals surface area contributed by atoms with Crippen molar-refractivity contribution in [3.63, 3.8) is 0 Å². The van der Waals surface area contributed by atoms with Gasteiger partial charge in [0, 0.05) is 6.07 Å². The van der Waals surface area contributed by atoms with Crippen molar-refractivity contribution in [2.75, 3.05) is 6.61 Å². The minimum absolute atomic E-state index is 0.00551. The highest BCUT2D eigenvalue weighted by atomic mass is 35.5. The molecule has 16 heavy (non-hydrogen) atoms. The van der Waals surface area contributed by atoms with E-state index >= 15 is 0 Å². The Labute approximate surface area is 96.2 Å². The van der Waals surface area contributed by atoms with E-state index in [0.29, 0.717) is 0 Å². The average Bonchev–Trinajstić information content (AvgIpc) is 2.24. The Bertz CT molecular complexity index is 376. The van der Waals surface area contributed by atoms with Gasteiger partial charge in [0.15, 0.2) is 0 Å². The molecule has 0 aliphatic rings. The maximum absolute atomic E-state index is 13.0. The second-order valence-electron chi connectivity index (χ2n) is 2.77. The van der Waals surface area contributed by atoms with Gasteiger partial charge >= 0.3 is 5.97 Å². The zero-order valence-electron chi connectivity index (χ0n) is 8.20. The second-order valence-corrected chi connectivity index (χ2v) is 3.17. The van der Waals surface area contributed by atoms with Crippen LogP contribution in [0.2, 0.25) is 5.02 Å². The number of carbonyl (C=O) groups is 1. The summed E-state index contributed by atoms with van der Waals surface area (Å²) >= 11 is 5.48. The molecule has 0 aliphatic carbocycles. The van der Waals surface area contributed by atoms with Gasteiger partial charge in [0.05, 0.1) is 18.1 Å². The molecule has 0 fully saturated rings. The van der Waals surface area contributed by atoms with Crippen LogP contribution in [0.15, 0.2) is 18.2 Å². The van der Waals surface area contributed by atoms with Crippen LogP contribution in [0.1, 0.15) is 6.42 Å². The summed E-state index contributed by atoms with van der Waals surface area (Å²) in [5.41, 5.74) is 1.75. The summed E-state index contributed by atoms with van der Waals surface area (Å²) in [4.78, 5) is 15.1. The maximum atomic E-state index is 13.0. The van der Waals surface area contributed by atoms with Gasteiger partial charge in [0.1, 0.15) is 11.6 Å². The molecule has 0 aliphatic heterocycles. The lowest BCUT2D eigenvalue weighted by molar-refractivity contribution is -0.151. The first kappa shape index (κ1) is 12.7. The van der Waals surface area contributed by atoms with E-state index in [1.54, 1.807) is 5.59 Å². The summed E-state index contributed by atoms with van der Waals surface area (Å²) in [6.07, 6.45) is -0.00551. The largest absolute Gasteiger partial charge is 0.493 e. The van der Waals surface area contributed by atoms with Gasteiger partial charge in [-0.25, -0.2) is 10.2 Å². The molecule has 0 atom stereocenters. The summed E-state index contributed by atoms with van der Waals surface area (Å²) in [7, 11) is 0. The van der Waals surface area contributed by atoms with Gasteiger partial charge in [-0.3, -0.25) is 4.79 Å². The number of rotatable bonds is 5. The van der Waals surface area contributed by atoms with Crippen LogP contribution in [0.4, 0.5) is 4.39 Å². The molecule has 1 rings (SSSR count). The topological polar surface area (TPSA) is 73.6 Å². The highest BCUT2D eigenvalue weighted by Crippen LogP contribution is 2.20.